The van der Waals surface area contributed by atoms with Crippen molar-refractivity contribution in [3.8, 4) is 0 Å². The van der Waals surface area contributed by atoms with Crippen LogP contribution >= 0.6 is 0 Å². The van der Waals surface area contributed by atoms with E-state index < -0.39 is 11.7 Å². The van der Waals surface area contributed by atoms with E-state index in [0.717, 1.165) is 12.8 Å². The smallest absolute Gasteiger partial charge is 0.293 e. The van der Waals surface area contributed by atoms with Gasteiger partial charge in [0.25, 0.3) is 0 Å². The Morgan fingerprint density at radius 2 is 1.91 bits per heavy atom. The fourth-order valence-electron chi connectivity index (χ4n) is 0.755. The molecule has 0 aliphatic carbocycles. The molecule has 3 heteroatoms. The van der Waals surface area contributed by atoms with Crippen LogP contribution in [-0.4, -0.2) is 11.7 Å². The van der Waals surface area contributed by atoms with Crippen molar-refractivity contribution in [1.29, 1.82) is 0 Å². The number of rotatable bonds is 5. The van der Waals surface area contributed by atoms with E-state index >= 15 is 0 Å². The molecule has 0 radical (unpaired) electrons. The van der Waals surface area contributed by atoms with E-state index in [4.69, 9.17) is 0 Å². The van der Waals surface area contributed by atoms with Gasteiger partial charge in [-0.2, -0.15) is 8.78 Å². The minimum atomic E-state index is -3.13. The highest BCUT2D eigenvalue weighted by molar-refractivity contribution is 5.84. The average molecular weight is 164 g/mol. The number of unbranched alkanes of at least 4 members (excludes halogenated alkanes) is 2. The highest BCUT2D eigenvalue weighted by Gasteiger charge is 2.30. The van der Waals surface area contributed by atoms with Crippen molar-refractivity contribution in [3.63, 3.8) is 0 Å². The van der Waals surface area contributed by atoms with Crippen LogP contribution in [0.15, 0.2) is 0 Å². The topological polar surface area (TPSA) is 17.1 Å². The van der Waals surface area contributed by atoms with E-state index in [1.54, 1.807) is 0 Å². The molecule has 0 aromatic carbocycles. The lowest BCUT2D eigenvalue weighted by Gasteiger charge is -2.07. The normalized spacial score (nSPS) is 11.6. The van der Waals surface area contributed by atoms with Gasteiger partial charge in [0, 0.05) is 13.3 Å². The number of hydrogen-bond acceptors (Lipinski definition) is 1. The molecule has 0 heterocycles. The Morgan fingerprint density at radius 1 is 1.36 bits per heavy atom. The largest absolute Gasteiger partial charge is 0.302 e. The molecule has 0 saturated carbocycles. The van der Waals surface area contributed by atoms with Gasteiger partial charge in [-0.3, -0.25) is 4.79 Å². The molecule has 0 saturated heterocycles. The number of hydrogen-bond donors (Lipinski definition) is 0. The Hall–Kier alpha value is -0.470. The fraction of sp³-hybridized carbons (Fsp3) is 0.875. The Kier molecular flexibility index (Phi) is 4.23. The summed E-state index contributed by atoms with van der Waals surface area (Å²) in [6.45, 7) is 2.62. The number of ketones is 1. The van der Waals surface area contributed by atoms with E-state index in [2.05, 4.69) is 0 Å². The average Bonchev–Trinajstić information content (AvgIpc) is 1.86. The predicted octanol–water partition coefficient (Wildman–Crippen LogP) is 2.79. The number of halogens is 2. The summed E-state index contributed by atoms with van der Waals surface area (Å²) in [7, 11) is 0. The second-order valence-electron chi connectivity index (χ2n) is 2.77. The Balaban J connectivity index is 3.54. The van der Waals surface area contributed by atoms with Crippen LogP contribution in [0.2, 0.25) is 0 Å². The van der Waals surface area contributed by atoms with Crippen LogP contribution in [0.3, 0.4) is 0 Å². The van der Waals surface area contributed by atoms with E-state index in [1.165, 1.54) is 0 Å². The molecule has 0 amide bonds. The maximum atomic E-state index is 12.2. The van der Waals surface area contributed by atoms with Crippen LogP contribution in [0, 0.1) is 0 Å². The molecular weight excluding hydrogens is 150 g/mol. The van der Waals surface area contributed by atoms with Gasteiger partial charge < -0.3 is 0 Å². The monoisotopic (exact) mass is 164 g/mol. The molecule has 0 spiro atoms. The molecule has 0 atom stereocenters. The summed E-state index contributed by atoms with van der Waals surface area (Å²) in [5.74, 6) is -4.07. The first-order chi connectivity index (χ1) is 4.98. The number of Topliss-reactive ketones (excluding diaryl/α,β-unsaturated/α-hetero) is 1. The number of alkyl halides is 2. The van der Waals surface area contributed by atoms with Gasteiger partial charge in [-0.1, -0.05) is 19.8 Å². The van der Waals surface area contributed by atoms with Gasteiger partial charge in [0.15, 0.2) is 0 Å². The molecule has 0 aromatic heterocycles. The summed E-state index contributed by atoms with van der Waals surface area (Å²) in [5.41, 5.74) is 0. The van der Waals surface area contributed by atoms with E-state index in [1.807, 2.05) is 6.92 Å². The third-order valence-corrected chi connectivity index (χ3v) is 1.50. The van der Waals surface area contributed by atoms with Gasteiger partial charge in [-0.05, 0) is 6.42 Å². The first-order valence-corrected chi connectivity index (χ1v) is 3.89. The Bertz CT molecular complexity index is 127. The van der Waals surface area contributed by atoms with Crippen LogP contribution in [0.5, 0.6) is 0 Å². The second-order valence-corrected chi connectivity index (χ2v) is 2.77. The standard InChI is InChI=1S/C8H14F2O/c1-3-4-5-6-7(11)8(2,9)10/h3-6H2,1-2H3. The van der Waals surface area contributed by atoms with Crippen LogP contribution in [0.4, 0.5) is 8.78 Å². The highest BCUT2D eigenvalue weighted by atomic mass is 19.3. The molecule has 66 valence electrons. The lowest BCUT2D eigenvalue weighted by molar-refractivity contribution is -0.140. The third kappa shape index (κ3) is 4.87. The summed E-state index contributed by atoms with van der Waals surface area (Å²) in [6, 6.07) is 0. The fourth-order valence-corrected chi connectivity index (χ4v) is 0.755. The first kappa shape index (κ1) is 10.5. The van der Waals surface area contributed by atoms with Crippen LogP contribution in [0.1, 0.15) is 39.5 Å². The maximum Gasteiger partial charge on any atom is 0.302 e. The van der Waals surface area contributed by atoms with E-state index in [9.17, 15) is 13.6 Å². The zero-order valence-electron chi connectivity index (χ0n) is 6.99. The van der Waals surface area contributed by atoms with Crippen molar-refractivity contribution in [2.24, 2.45) is 0 Å². The van der Waals surface area contributed by atoms with Gasteiger partial charge in [-0.25, -0.2) is 0 Å². The molecule has 0 bridgehead atoms. The van der Waals surface area contributed by atoms with Crippen molar-refractivity contribution in [2.75, 3.05) is 0 Å². The van der Waals surface area contributed by atoms with Crippen LogP contribution in [-0.2, 0) is 4.79 Å². The van der Waals surface area contributed by atoms with Crippen LogP contribution in [0.25, 0.3) is 0 Å². The van der Waals surface area contributed by atoms with E-state index in [-0.39, 0.29) is 6.42 Å². The van der Waals surface area contributed by atoms with Crippen molar-refractivity contribution >= 4 is 5.78 Å². The van der Waals surface area contributed by atoms with Gasteiger partial charge in [0.1, 0.15) is 0 Å². The molecule has 0 aliphatic rings. The summed E-state index contributed by atoms with van der Waals surface area (Å²) in [6.07, 6.45) is 2.39. The van der Waals surface area contributed by atoms with Crippen molar-refractivity contribution in [3.05, 3.63) is 0 Å². The molecule has 11 heavy (non-hydrogen) atoms. The zero-order valence-corrected chi connectivity index (χ0v) is 6.99. The molecule has 0 aliphatic heterocycles. The molecule has 0 fully saturated rings. The molecular formula is C8H14F2O. The van der Waals surface area contributed by atoms with Gasteiger partial charge in [-0.15, -0.1) is 0 Å². The number of carbonyl (C=O) groups excluding carboxylic acids is 1. The molecule has 0 rings (SSSR count). The SMILES string of the molecule is CCCCCC(=O)C(C)(F)F. The van der Waals surface area contributed by atoms with Crippen molar-refractivity contribution in [2.45, 2.75) is 45.5 Å². The van der Waals surface area contributed by atoms with E-state index in [0.29, 0.717) is 13.3 Å². The highest BCUT2D eigenvalue weighted by Crippen LogP contribution is 2.16. The summed E-state index contributed by atoms with van der Waals surface area (Å²) in [5, 5.41) is 0. The van der Waals surface area contributed by atoms with Crippen LogP contribution < -0.4 is 0 Å². The molecule has 0 unspecified atom stereocenters. The zero-order chi connectivity index (χ0) is 8.91. The molecule has 0 N–H and O–H groups in total. The van der Waals surface area contributed by atoms with Gasteiger partial charge >= 0.3 is 5.92 Å². The molecule has 1 nitrogen and oxygen atoms in total. The predicted molar refractivity (Wildman–Crippen MR) is 39.8 cm³/mol. The molecule has 0 aromatic rings. The minimum absolute atomic E-state index is 0.0112. The lowest BCUT2D eigenvalue weighted by atomic mass is 10.1. The van der Waals surface area contributed by atoms with Gasteiger partial charge in [0.05, 0.1) is 0 Å². The van der Waals surface area contributed by atoms with Crippen molar-refractivity contribution < 1.29 is 13.6 Å². The summed E-state index contributed by atoms with van der Waals surface area (Å²) >= 11 is 0. The Morgan fingerprint density at radius 3 is 2.27 bits per heavy atom. The maximum absolute atomic E-state index is 12.2. The lowest BCUT2D eigenvalue weighted by Crippen LogP contribution is -2.23. The minimum Gasteiger partial charge on any atom is -0.293 e. The van der Waals surface area contributed by atoms with Crippen molar-refractivity contribution in [1.82, 2.24) is 0 Å². The quantitative estimate of drug-likeness (QED) is 0.571. The number of carbonyl (C=O) groups is 1. The summed E-state index contributed by atoms with van der Waals surface area (Å²) < 4.78 is 24.4. The first-order valence-electron chi connectivity index (χ1n) is 3.89. The second kappa shape index (κ2) is 4.42. The van der Waals surface area contributed by atoms with Gasteiger partial charge in [0.2, 0.25) is 5.78 Å². The third-order valence-electron chi connectivity index (χ3n) is 1.50. The Labute approximate surface area is 65.8 Å². The summed E-state index contributed by atoms with van der Waals surface area (Å²) in [4.78, 5) is 10.6.